The highest BCUT2D eigenvalue weighted by Crippen LogP contribution is 2.26. The zero-order chi connectivity index (χ0) is 17.7. The van der Waals surface area contributed by atoms with Gasteiger partial charge in [-0.1, -0.05) is 29.3 Å². The van der Waals surface area contributed by atoms with E-state index in [0.29, 0.717) is 36.2 Å². The molecule has 0 saturated carbocycles. The molecule has 2 rings (SSSR count). The van der Waals surface area contributed by atoms with E-state index in [4.69, 9.17) is 28.3 Å². The van der Waals surface area contributed by atoms with Gasteiger partial charge in [-0.25, -0.2) is 0 Å². The van der Waals surface area contributed by atoms with Crippen LogP contribution in [0.5, 0.6) is 0 Å². The first kappa shape index (κ1) is 18.5. The maximum atomic E-state index is 12.5. The summed E-state index contributed by atoms with van der Waals surface area (Å²) in [6.45, 7) is 1.59. The molecule has 1 heterocycles. The number of carbonyl (C=O) groups is 3. The second-order valence-electron chi connectivity index (χ2n) is 5.34. The first-order chi connectivity index (χ1) is 11.4. The van der Waals surface area contributed by atoms with Gasteiger partial charge in [-0.3, -0.25) is 19.3 Å². The molecule has 0 aliphatic carbocycles. The number of hydrogen-bond acceptors (Lipinski definition) is 4. The predicted molar refractivity (Wildman–Crippen MR) is 89.5 cm³/mol. The Balaban J connectivity index is 1.87. The normalized spacial score (nSPS) is 15.2. The van der Waals surface area contributed by atoms with Crippen LogP contribution in [0.1, 0.15) is 10.4 Å². The van der Waals surface area contributed by atoms with Crippen LogP contribution < -0.4 is 5.32 Å². The molecular weight excluding hydrogens is 357 g/mol. The Labute approximate surface area is 149 Å². The van der Waals surface area contributed by atoms with Crippen molar-refractivity contribution in [2.45, 2.75) is 0 Å². The molecule has 7 nitrogen and oxygen atoms in total. The van der Waals surface area contributed by atoms with E-state index < -0.39 is 12.5 Å². The van der Waals surface area contributed by atoms with Gasteiger partial charge in [-0.2, -0.15) is 0 Å². The van der Waals surface area contributed by atoms with Gasteiger partial charge in [0.25, 0.3) is 5.91 Å². The highest BCUT2D eigenvalue weighted by Gasteiger charge is 2.26. The molecule has 24 heavy (non-hydrogen) atoms. The summed E-state index contributed by atoms with van der Waals surface area (Å²) in [6, 6.07) is 4.91. The molecule has 1 saturated heterocycles. The number of carboxylic acid groups (broad SMARTS) is 1. The van der Waals surface area contributed by atoms with Gasteiger partial charge in [0.2, 0.25) is 5.91 Å². The molecule has 0 radical (unpaired) electrons. The third-order valence-electron chi connectivity index (χ3n) is 3.64. The second-order valence-corrected chi connectivity index (χ2v) is 6.15. The minimum Gasteiger partial charge on any atom is -0.480 e. The Hall–Kier alpha value is -1.83. The lowest BCUT2D eigenvalue weighted by Crippen LogP contribution is -2.51. The van der Waals surface area contributed by atoms with Crippen LogP contribution in [0.15, 0.2) is 18.2 Å². The van der Waals surface area contributed by atoms with Crippen LogP contribution in [0.25, 0.3) is 0 Å². The van der Waals surface area contributed by atoms with Crippen molar-refractivity contribution in [1.29, 1.82) is 0 Å². The van der Waals surface area contributed by atoms with E-state index >= 15 is 0 Å². The Morgan fingerprint density at radius 2 is 1.67 bits per heavy atom. The Bertz CT molecular complexity index is 625. The fraction of sp³-hybridized carbons (Fsp3) is 0.400. The molecule has 2 amide bonds. The van der Waals surface area contributed by atoms with Gasteiger partial charge < -0.3 is 15.3 Å². The zero-order valence-electron chi connectivity index (χ0n) is 12.8. The highest BCUT2D eigenvalue weighted by molar-refractivity contribution is 6.39. The monoisotopic (exact) mass is 373 g/mol. The minimum absolute atomic E-state index is 0.0994. The van der Waals surface area contributed by atoms with E-state index in [1.165, 1.54) is 0 Å². The van der Waals surface area contributed by atoms with Crippen molar-refractivity contribution < 1.29 is 19.5 Å². The van der Waals surface area contributed by atoms with Gasteiger partial charge in [0.15, 0.2) is 0 Å². The molecule has 2 N–H and O–H groups in total. The number of hydrogen-bond donors (Lipinski definition) is 2. The van der Waals surface area contributed by atoms with Crippen molar-refractivity contribution in [3.05, 3.63) is 33.8 Å². The van der Waals surface area contributed by atoms with Gasteiger partial charge in [-0.15, -0.1) is 0 Å². The van der Waals surface area contributed by atoms with E-state index in [1.807, 2.05) is 4.90 Å². The summed E-state index contributed by atoms with van der Waals surface area (Å²) in [7, 11) is 0. The number of aliphatic carboxylic acids is 1. The average molecular weight is 374 g/mol. The summed E-state index contributed by atoms with van der Waals surface area (Å²) < 4.78 is 0. The van der Waals surface area contributed by atoms with E-state index in [0.717, 1.165) is 0 Å². The van der Waals surface area contributed by atoms with E-state index in [9.17, 15) is 14.4 Å². The lowest BCUT2D eigenvalue weighted by Gasteiger charge is -2.34. The Morgan fingerprint density at radius 1 is 1.08 bits per heavy atom. The first-order valence-corrected chi connectivity index (χ1v) is 8.08. The van der Waals surface area contributed by atoms with Gasteiger partial charge in [0.05, 0.1) is 22.2 Å². The molecule has 1 fully saturated rings. The van der Waals surface area contributed by atoms with Crippen molar-refractivity contribution in [1.82, 2.24) is 15.1 Å². The lowest BCUT2D eigenvalue weighted by molar-refractivity contribution is -0.138. The van der Waals surface area contributed by atoms with Crippen molar-refractivity contribution >= 4 is 41.0 Å². The van der Waals surface area contributed by atoms with Crippen LogP contribution in [0.2, 0.25) is 10.0 Å². The van der Waals surface area contributed by atoms with Gasteiger partial charge in [-0.05, 0) is 12.1 Å². The maximum Gasteiger partial charge on any atom is 0.322 e. The summed E-state index contributed by atoms with van der Waals surface area (Å²) in [5.41, 5.74) is 0.286. The fourth-order valence-corrected chi connectivity index (χ4v) is 2.96. The Morgan fingerprint density at radius 3 is 2.21 bits per heavy atom. The van der Waals surface area contributed by atoms with E-state index in [-0.39, 0.29) is 23.9 Å². The topological polar surface area (TPSA) is 89.9 Å². The molecule has 1 aromatic carbocycles. The quantitative estimate of drug-likeness (QED) is 0.801. The fourth-order valence-electron chi connectivity index (χ4n) is 2.40. The van der Waals surface area contributed by atoms with Crippen molar-refractivity contribution in [2.24, 2.45) is 0 Å². The lowest BCUT2D eigenvalue weighted by atomic mass is 10.1. The average Bonchev–Trinajstić information content (AvgIpc) is 2.53. The summed E-state index contributed by atoms with van der Waals surface area (Å²) in [5, 5.41) is 11.4. The molecule has 130 valence electrons. The molecule has 1 aliphatic heterocycles. The Kier molecular flexibility index (Phi) is 6.42. The summed E-state index contributed by atoms with van der Waals surface area (Å²) in [6.07, 6.45) is 0. The molecule has 9 heteroatoms. The SMILES string of the molecule is O=C(O)CNC(=O)CN1CCN(C(=O)c2c(Cl)cccc2Cl)CC1. The molecule has 0 spiro atoms. The molecule has 1 aliphatic rings. The second kappa shape index (κ2) is 8.32. The number of nitrogens with one attached hydrogen (secondary N) is 1. The largest absolute Gasteiger partial charge is 0.480 e. The van der Waals surface area contributed by atoms with Crippen LogP contribution in [0.4, 0.5) is 0 Å². The molecule has 0 bridgehead atoms. The smallest absolute Gasteiger partial charge is 0.322 e. The van der Waals surface area contributed by atoms with E-state index in [2.05, 4.69) is 5.32 Å². The van der Waals surface area contributed by atoms with Crippen molar-refractivity contribution in [3.8, 4) is 0 Å². The summed E-state index contributed by atoms with van der Waals surface area (Å²) in [5.74, 6) is -1.68. The van der Waals surface area contributed by atoms with Crippen LogP contribution in [0, 0.1) is 0 Å². The molecule has 0 atom stereocenters. The summed E-state index contributed by atoms with van der Waals surface area (Å²) >= 11 is 12.1. The standard InChI is InChI=1S/C15H17Cl2N3O4/c16-10-2-1-3-11(17)14(10)15(24)20-6-4-19(5-7-20)9-12(21)18-8-13(22)23/h1-3H,4-9H2,(H,18,21)(H,22,23). The number of rotatable bonds is 5. The molecular formula is C15H17Cl2N3O4. The third kappa shape index (κ3) is 4.83. The van der Waals surface area contributed by atoms with Gasteiger partial charge in [0, 0.05) is 26.2 Å². The highest BCUT2D eigenvalue weighted by atomic mass is 35.5. The van der Waals surface area contributed by atoms with Gasteiger partial charge >= 0.3 is 5.97 Å². The van der Waals surface area contributed by atoms with E-state index in [1.54, 1.807) is 23.1 Å². The van der Waals surface area contributed by atoms with Crippen LogP contribution in [-0.2, 0) is 9.59 Å². The number of nitrogens with zero attached hydrogens (tertiary/aromatic N) is 2. The number of carboxylic acids is 1. The molecule has 0 unspecified atom stereocenters. The number of carbonyl (C=O) groups excluding carboxylic acids is 2. The maximum absolute atomic E-state index is 12.5. The van der Waals surface area contributed by atoms with Crippen LogP contribution in [0.3, 0.4) is 0 Å². The van der Waals surface area contributed by atoms with Crippen molar-refractivity contribution in [3.63, 3.8) is 0 Å². The number of halogens is 2. The van der Waals surface area contributed by atoms with Crippen LogP contribution >= 0.6 is 23.2 Å². The molecule has 1 aromatic rings. The molecule has 0 aromatic heterocycles. The van der Waals surface area contributed by atoms with Gasteiger partial charge in [0.1, 0.15) is 6.54 Å². The number of benzene rings is 1. The summed E-state index contributed by atoms with van der Waals surface area (Å²) in [4.78, 5) is 38.1. The third-order valence-corrected chi connectivity index (χ3v) is 4.27. The number of piperazine rings is 1. The first-order valence-electron chi connectivity index (χ1n) is 7.32. The number of amides is 2. The minimum atomic E-state index is -1.09. The van der Waals surface area contributed by atoms with Crippen LogP contribution in [-0.4, -0.2) is 72.0 Å². The van der Waals surface area contributed by atoms with Crippen molar-refractivity contribution in [2.75, 3.05) is 39.3 Å². The predicted octanol–water partition coefficient (Wildman–Crippen LogP) is 0.952. The zero-order valence-corrected chi connectivity index (χ0v) is 14.3.